The van der Waals surface area contributed by atoms with Crippen LogP contribution in [-0.2, 0) is 16.6 Å². The number of benzene rings is 1. The van der Waals surface area contributed by atoms with E-state index < -0.39 is 5.97 Å². The Balaban J connectivity index is 2.15. The predicted octanol–water partition coefficient (Wildman–Crippen LogP) is 0.673. The number of thioether (sulfide) groups is 1. The lowest BCUT2D eigenvalue weighted by atomic mass is 10.2. The van der Waals surface area contributed by atoms with Crippen LogP contribution >= 0.6 is 11.8 Å². The molecule has 1 heterocycles. The minimum absolute atomic E-state index is 0.0487. The predicted molar refractivity (Wildman–Crippen MR) is 81.1 cm³/mol. The highest BCUT2D eigenvalue weighted by atomic mass is 32.2. The van der Waals surface area contributed by atoms with E-state index in [1.165, 1.54) is 0 Å². The molecule has 0 unspecified atom stereocenters. The van der Waals surface area contributed by atoms with Crippen LogP contribution < -0.4 is 10.4 Å². The molecule has 2 aromatic rings. The summed E-state index contributed by atoms with van der Waals surface area (Å²) in [5, 5.41) is 21.8. The summed E-state index contributed by atoms with van der Waals surface area (Å²) in [4.78, 5) is 21.8. The molecule has 0 aliphatic heterocycles. The molecule has 1 aromatic heterocycles. The van der Waals surface area contributed by atoms with Crippen LogP contribution in [0.3, 0.4) is 0 Å². The molecular weight excluding hydrogens is 304 g/mol. The maximum absolute atomic E-state index is 11.3. The van der Waals surface area contributed by atoms with Gasteiger partial charge in [0.15, 0.2) is 11.0 Å². The highest BCUT2D eigenvalue weighted by Crippen LogP contribution is 2.23. The molecule has 7 nitrogen and oxygen atoms in total. The standard InChI is InChI=1S/C14H16N4O3S/c1-3-11(19)15-10-6-4-9(5-7-10)13-16-17-14(18(13)2)22-8-12(20)21/h4-7H,3,8H2,1-2H3,(H,15,19)(H,20,21)/p-1. The summed E-state index contributed by atoms with van der Waals surface area (Å²) in [5.74, 6) is -0.749. The van der Waals surface area contributed by atoms with Gasteiger partial charge in [-0.25, -0.2) is 0 Å². The number of rotatable bonds is 6. The molecule has 1 N–H and O–H groups in total. The van der Waals surface area contributed by atoms with Crippen LogP contribution in [0.5, 0.6) is 0 Å². The van der Waals surface area contributed by atoms with Crippen molar-refractivity contribution in [2.24, 2.45) is 7.05 Å². The zero-order valence-corrected chi connectivity index (χ0v) is 13.0. The second-order valence-corrected chi connectivity index (χ2v) is 5.45. The fourth-order valence-corrected chi connectivity index (χ4v) is 2.39. The lowest BCUT2D eigenvalue weighted by Crippen LogP contribution is -2.24. The number of carbonyl (C=O) groups is 2. The summed E-state index contributed by atoms with van der Waals surface area (Å²) in [6.45, 7) is 1.79. The first-order valence-corrected chi connectivity index (χ1v) is 7.62. The number of aromatic nitrogens is 3. The second-order valence-electron chi connectivity index (χ2n) is 4.50. The summed E-state index contributed by atoms with van der Waals surface area (Å²) in [7, 11) is 1.76. The lowest BCUT2D eigenvalue weighted by molar-refractivity contribution is -0.301. The number of carbonyl (C=O) groups excluding carboxylic acids is 2. The smallest absolute Gasteiger partial charge is 0.224 e. The van der Waals surface area contributed by atoms with Gasteiger partial charge in [-0.2, -0.15) is 0 Å². The van der Waals surface area contributed by atoms with Gasteiger partial charge in [-0.3, -0.25) is 4.79 Å². The van der Waals surface area contributed by atoms with E-state index in [4.69, 9.17) is 0 Å². The topological polar surface area (TPSA) is 99.9 Å². The summed E-state index contributed by atoms with van der Waals surface area (Å²) < 4.78 is 1.72. The van der Waals surface area contributed by atoms with E-state index in [2.05, 4.69) is 15.5 Å². The van der Waals surface area contributed by atoms with E-state index >= 15 is 0 Å². The minimum Gasteiger partial charge on any atom is -0.549 e. The van der Waals surface area contributed by atoms with Crippen molar-refractivity contribution in [3.05, 3.63) is 24.3 Å². The van der Waals surface area contributed by atoms with Gasteiger partial charge in [0, 0.05) is 30.5 Å². The van der Waals surface area contributed by atoms with E-state index in [1.807, 2.05) is 12.1 Å². The molecule has 0 radical (unpaired) electrons. The van der Waals surface area contributed by atoms with Crippen molar-refractivity contribution in [3.8, 4) is 11.4 Å². The van der Waals surface area contributed by atoms with E-state index in [0.717, 1.165) is 17.3 Å². The quantitative estimate of drug-likeness (QED) is 0.786. The Morgan fingerprint density at radius 2 is 1.95 bits per heavy atom. The Morgan fingerprint density at radius 1 is 1.27 bits per heavy atom. The van der Waals surface area contributed by atoms with Crippen molar-refractivity contribution in [1.82, 2.24) is 14.8 Å². The summed E-state index contributed by atoms with van der Waals surface area (Å²) in [6.07, 6.45) is 0.421. The van der Waals surface area contributed by atoms with Gasteiger partial charge in [0.25, 0.3) is 0 Å². The van der Waals surface area contributed by atoms with Crippen molar-refractivity contribution >= 4 is 29.3 Å². The van der Waals surface area contributed by atoms with Gasteiger partial charge in [-0.1, -0.05) is 18.7 Å². The number of carboxylic acids is 1. The first kappa shape index (κ1) is 16.0. The summed E-state index contributed by atoms with van der Waals surface area (Å²) >= 11 is 1.06. The highest BCUT2D eigenvalue weighted by Gasteiger charge is 2.11. The zero-order valence-electron chi connectivity index (χ0n) is 12.2. The molecule has 0 fully saturated rings. The van der Waals surface area contributed by atoms with Gasteiger partial charge in [-0.05, 0) is 24.3 Å². The third kappa shape index (κ3) is 3.85. The molecule has 0 aliphatic carbocycles. The van der Waals surface area contributed by atoms with E-state index in [-0.39, 0.29) is 11.7 Å². The van der Waals surface area contributed by atoms with Crippen LogP contribution in [0.4, 0.5) is 5.69 Å². The van der Waals surface area contributed by atoms with Crippen LogP contribution in [0.1, 0.15) is 13.3 Å². The molecular formula is C14H15N4O3S-. The van der Waals surface area contributed by atoms with Gasteiger partial charge in [-0.15, -0.1) is 10.2 Å². The number of hydrogen-bond donors (Lipinski definition) is 1. The Kier molecular flexibility index (Phi) is 5.16. The lowest BCUT2D eigenvalue weighted by Gasteiger charge is -2.06. The number of carboxylic acid groups (broad SMARTS) is 1. The number of anilines is 1. The van der Waals surface area contributed by atoms with Crippen molar-refractivity contribution in [2.75, 3.05) is 11.1 Å². The maximum Gasteiger partial charge on any atom is 0.224 e. The SMILES string of the molecule is CCC(=O)Nc1ccc(-c2nnc(SCC(=O)[O-])n2C)cc1. The van der Waals surface area contributed by atoms with Crippen molar-refractivity contribution in [1.29, 1.82) is 0 Å². The third-order valence-corrected chi connectivity index (χ3v) is 3.90. The highest BCUT2D eigenvalue weighted by molar-refractivity contribution is 7.99. The van der Waals surface area contributed by atoms with Crippen LogP contribution in [0.25, 0.3) is 11.4 Å². The second kappa shape index (κ2) is 7.08. The van der Waals surface area contributed by atoms with Crippen LogP contribution in [0.15, 0.2) is 29.4 Å². The van der Waals surface area contributed by atoms with Gasteiger partial charge < -0.3 is 19.8 Å². The fourth-order valence-electron chi connectivity index (χ4n) is 1.77. The molecule has 8 heteroatoms. The molecule has 0 saturated heterocycles. The van der Waals surface area contributed by atoms with Crippen molar-refractivity contribution in [3.63, 3.8) is 0 Å². The largest absolute Gasteiger partial charge is 0.549 e. The van der Waals surface area contributed by atoms with E-state index in [9.17, 15) is 14.7 Å². The number of amides is 1. The molecule has 1 aromatic carbocycles. The molecule has 1 amide bonds. The van der Waals surface area contributed by atoms with E-state index in [1.54, 1.807) is 30.7 Å². The number of nitrogens with zero attached hydrogens (tertiary/aromatic N) is 3. The van der Waals surface area contributed by atoms with Gasteiger partial charge >= 0.3 is 0 Å². The van der Waals surface area contributed by atoms with Crippen LogP contribution in [0.2, 0.25) is 0 Å². The normalized spacial score (nSPS) is 10.5. The molecule has 0 bridgehead atoms. The van der Waals surface area contributed by atoms with Gasteiger partial charge in [0.05, 0.1) is 5.97 Å². The Bertz CT molecular complexity index is 682. The molecule has 116 valence electrons. The number of hydrogen-bond acceptors (Lipinski definition) is 6. The fraction of sp³-hybridized carbons (Fsp3) is 0.286. The molecule has 0 atom stereocenters. The van der Waals surface area contributed by atoms with Crippen molar-refractivity contribution in [2.45, 2.75) is 18.5 Å². The number of nitrogens with one attached hydrogen (secondary N) is 1. The molecule has 22 heavy (non-hydrogen) atoms. The first-order chi connectivity index (χ1) is 10.5. The molecule has 2 rings (SSSR count). The maximum atomic E-state index is 11.3. The minimum atomic E-state index is -1.15. The van der Waals surface area contributed by atoms with Crippen molar-refractivity contribution < 1.29 is 14.7 Å². The van der Waals surface area contributed by atoms with Crippen LogP contribution in [-0.4, -0.2) is 32.4 Å². The van der Waals surface area contributed by atoms with Crippen LogP contribution in [0, 0.1) is 0 Å². The number of aliphatic carboxylic acids is 1. The Hall–Kier alpha value is -2.35. The first-order valence-electron chi connectivity index (χ1n) is 6.63. The summed E-state index contributed by atoms with van der Waals surface area (Å²) in [5.41, 5.74) is 1.54. The van der Waals surface area contributed by atoms with E-state index in [0.29, 0.717) is 23.1 Å². The average molecular weight is 319 g/mol. The summed E-state index contributed by atoms with van der Waals surface area (Å²) in [6, 6.07) is 7.21. The molecule has 0 aliphatic rings. The monoisotopic (exact) mass is 319 g/mol. The zero-order chi connectivity index (χ0) is 16.1. The van der Waals surface area contributed by atoms with Gasteiger partial charge in [0.2, 0.25) is 5.91 Å². The third-order valence-electron chi connectivity index (χ3n) is 2.90. The molecule has 0 saturated carbocycles. The Labute approximate surface area is 131 Å². The average Bonchev–Trinajstić information content (AvgIpc) is 2.87. The Morgan fingerprint density at radius 3 is 2.55 bits per heavy atom. The molecule has 0 spiro atoms. The van der Waals surface area contributed by atoms with Gasteiger partial charge in [0.1, 0.15) is 0 Å².